The first-order chi connectivity index (χ1) is 47.1. The Balaban J connectivity index is 0.000000169. The molecule has 6 atom stereocenters. The molecule has 19 heteroatoms. The molecule has 100 heavy (non-hydrogen) atoms. The third-order valence-electron chi connectivity index (χ3n) is 19.5. The largest absolute Gasteiger partial charge is 0.346 e. The van der Waals surface area contributed by atoms with E-state index in [-0.39, 0.29) is 11.9 Å². The van der Waals surface area contributed by atoms with E-state index in [2.05, 4.69) is 203 Å². The lowest BCUT2D eigenvalue weighted by Gasteiger charge is -2.21. The average Bonchev–Trinajstić information content (AvgIpc) is 1.64. The van der Waals surface area contributed by atoms with E-state index in [9.17, 15) is 30.7 Å². The van der Waals surface area contributed by atoms with Crippen molar-refractivity contribution in [3.05, 3.63) is 216 Å². The molecule has 6 aromatic heterocycles. The van der Waals surface area contributed by atoms with E-state index in [1.807, 2.05) is 80.5 Å². The average molecular weight is 1380 g/mol. The Morgan fingerprint density at radius 2 is 0.620 bits per heavy atom. The van der Waals surface area contributed by atoms with Gasteiger partial charge in [0.05, 0.1) is 16.6 Å². The number of hydrogen-bond acceptors (Lipinski definition) is 6. The number of nitrogens with zero attached hydrogens (tertiary/aromatic N) is 12. The molecule has 0 aliphatic heterocycles. The molecule has 6 heterocycles. The van der Waals surface area contributed by atoms with Gasteiger partial charge in [0, 0.05) is 163 Å². The minimum absolute atomic E-state index is 0.175. The predicted octanol–water partition coefficient (Wildman–Crippen LogP) is 17.4. The van der Waals surface area contributed by atoms with Gasteiger partial charge in [-0.2, -0.15) is 0 Å². The molecular formula is C81H107F7N12. The van der Waals surface area contributed by atoms with Crippen LogP contribution in [0.15, 0.2) is 159 Å². The molecule has 0 aliphatic rings. The van der Waals surface area contributed by atoms with Gasteiger partial charge in [0.15, 0.2) is 23.3 Å². The summed E-state index contributed by atoms with van der Waals surface area (Å²) < 4.78 is 105. The predicted molar refractivity (Wildman–Crippen MR) is 404 cm³/mol. The molecule has 12 nitrogen and oxygen atoms in total. The Kier molecular flexibility index (Phi) is 28.0. The summed E-state index contributed by atoms with van der Waals surface area (Å²) in [6, 6.07) is 37.8. The molecule has 0 fully saturated rings. The number of aromatic nitrogens is 6. The van der Waals surface area contributed by atoms with E-state index < -0.39 is 34.9 Å². The maximum Gasteiger partial charge on any atom is 0.168 e. The lowest BCUT2D eigenvalue weighted by atomic mass is 10.1. The van der Waals surface area contributed by atoms with Crippen LogP contribution in [0.4, 0.5) is 30.7 Å². The molecule has 0 saturated carbocycles. The summed E-state index contributed by atoms with van der Waals surface area (Å²) in [5.41, 5.74) is 9.78. The van der Waals surface area contributed by atoms with E-state index in [4.69, 9.17) is 0 Å². The summed E-state index contributed by atoms with van der Waals surface area (Å²) in [5, 5.41) is 5.33. The van der Waals surface area contributed by atoms with E-state index in [0.717, 1.165) is 66.1 Å². The first-order valence-corrected chi connectivity index (χ1v) is 34.3. The van der Waals surface area contributed by atoms with E-state index in [0.29, 0.717) is 53.0 Å². The number of likely N-dealkylation sites (N-methyl/N-ethyl adjacent to an activating group) is 6. The Labute approximate surface area is 588 Å². The molecule has 0 aliphatic carbocycles. The van der Waals surface area contributed by atoms with Crippen molar-refractivity contribution in [2.45, 2.75) is 138 Å². The van der Waals surface area contributed by atoms with Gasteiger partial charge in [-0.1, -0.05) is 11.6 Å². The van der Waals surface area contributed by atoms with Crippen LogP contribution >= 0.6 is 0 Å². The number of fused-ring (bicyclic) bond motifs is 6. The van der Waals surface area contributed by atoms with Gasteiger partial charge < -0.3 is 56.8 Å². The molecule has 0 radical (unpaired) electrons. The van der Waals surface area contributed by atoms with Crippen LogP contribution in [0.25, 0.3) is 65.4 Å². The summed E-state index contributed by atoms with van der Waals surface area (Å²) in [5.74, 6) is -4.36. The van der Waals surface area contributed by atoms with Crippen LogP contribution in [-0.4, -0.2) is 178 Å². The van der Waals surface area contributed by atoms with Crippen molar-refractivity contribution in [3.63, 3.8) is 0 Å². The second-order valence-corrected chi connectivity index (χ2v) is 28.4. The third-order valence-corrected chi connectivity index (χ3v) is 19.5. The SMILES string of the molecule is C[C@H](Cn1ccc2c(F)c(F)ccc21)N(C)C.C[C@H](Cn1ccc2cc(F)c(F)cc21)N(C)C.C[C@H](Cn1ccc2cc(F)cc(F)c21)N(C)C.C[C@H](Cn1ccc2cc(F)ccc21)N(C)C.Cc1cc2ccn(C[C@@H](C)N(C)C)c2cc1C.Cc1ccc2c(ccn2C[C@@H](C)N(C)C)c1. The van der Waals surface area contributed by atoms with Crippen molar-refractivity contribution in [2.24, 2.45) is 0 Å². The molecule has 0 amide bonds. The lowest BCUT2D eigenvalue weighted by molar-refractivity contribution is 0.286. The number of halogens is 7. The van der Waals surface area contributed by atoms with Crippen molar-refractivity contribution in [1.82, 2.24) is 56.8 Å². The summed E-state index contributed by atoms with van der Waals surface area (Å²) in [6.07, 6.45) is 11.9. The number of hydrogen-bond donors (Lipinski definition) is 0. The molecule has 12 aromatic rings. The fourth-order valence-corrected chi connectivity index (χ4v) is 11.2. The van der Waals surface area contributed by atoms with Gasteiger partial charge in [-0.3, -0.25) is 0 Å². The zero-order chi connectivity index (χ0) is 73.7. The van der Waals surface area contributed by atoms with Crippen LogP contribution in [0.5, 0.6) is 0 Å². The van der Waals surface area contributed by atoms with Crippen molar-refractivity contribution >= 4 is 65.4 Å². The van der Waals surface area contributed by atoms with Crippen molar-refractivity contribution in [1.29, 1.82) is 0 Å². The van der Waals surface area contributed by atoms with Crippen LogP contribution in [0.3, 0.4) is 0 Å². The Morgan fingerprint density at radius 3 is 1.10 bits per heavy atom. The molecule has 0 spiro atoms. The summed E-state index contributed by atoms with van der Waals surface area (Å²) >= 11 is 0. The third kappa shape index (κ3) is 20.7. The molecule has 0 saturated heterocycles. The quantitative estimate of drug-likeness (QED) is 0.0798. The van der Waals surface area contributed by atoms with E-state index in [1.54, 1.807) is 42.7 Å². The molecule has 6 aromatic carbocycles. The highest BCUT2D eigenvalue weighted by Gasteiger charge is 2.17. The van der Waals surface area contributed by atoms with Crippen LogP contribution in [-0.2, 0) is 39.3 Å². The van der Waals surface area contributed by atoms with Gasteiger partial charge in [-0.25, -0.2) is 30.7 Å². The van der Waals surface area contributed by atoms with Crippen molar-refractivity contribution in [2.75, 3.05) is 84.6 Å². The van der Waals surface area contributed by atoms with Crippen LogP contribution in [0.2, 0.25) is 0 Å². The molecule has 12 rings (SSSR count). The number of rotatable bonds is 18. The van der Waals surface area contributed by atoms with Gasteiger partial charge in [-0.05, 0) is 272 Å². The van der Waals surface area contributed by atoms with Crippen molar-refractivity contribution in [3.8, 4) is 0 Å². The van der Waals surface area contributed by atoms with Crippen LogP contribution in [0, 0.1) is 61.5 Å². The monoisotopic (exact) mass is 1380 g/mol. The fourth-order valence-electron chi connectivity index (χ4n) is 11.2. The summed E-state index contributed by atoms with van der Waals surface area (Å²) in [4.78, 5) is 12.9. The standard InChI is InChI=1S/C15H22N2.C14H20N2.3C13H16F2N2.C13H17FN2/c1-11-8-14-6-7-17(10-13(3)16(4)5)15(14)9-12(11)2;1-11-5-6-14-13(9-11)7-8-16(14)10-12(2)15(3)4;1-9(16(2)3)8-17-5-4-10-6-11(14)12(15)7-13(10)17;1-9(16(2)3)8-17-5-4-10-6-11(14)7-12(15)13(10)17;1-9(16(2)3)8-17-7-6-10-12(17)5-4-11(14)13(10)15;1-10(15(2)3)9-16-7-6-11-8-12(14)4-5-13(11)16/h6-9,13H,10H2,1-5H3;5-9,12H,10H2,1-4H3;3*4-7,9H,8H2,1-3H3;4-8,10H,9H2,1-3H3/t13-;12-;3*9-;10-/m111111/s1. The summed E-state index contributed by atoms with van der Waals surface area (Å²) in [6.45, 7) is 24.6. The zero-order valence-corrected chi connectivity index (χ0v) is 62.7. The number of aryl methyl sites for hydroxylation is 3. The minimum Gasteiger partial charge on any atom is -0.346 e. The molecule has 540 valence electrons. The molecule has 0 unspecified atom stereocenters. The van der Waals surface area contributed by atoms with E-state index in [1.165, 1.54) is 68.8 Å². The second-order valence-electron chi connectivity index (χ2n) is 28.4. The first-order valence-electron chi connectivity index (χ1n) is 34.3. The smallest absolute Gasteiger partial charge is 0.168 e. The Hall–Kier alpha value is -8.17. The topological polar surface area (TPSA) is 49.0 Å². The Morgan fingerprint density at radius 1 is 0.280 bits per heavy atom. The highest BCUT2D eigenvalue weighted by molar-refractivity contribution is 5.84. The Bertz CT molecular complexity index is 4370. The second kappa shape index (κ2) is 35.4. The molecular weight excluding hydrogens is 1270 g/mol. The maximum atomic E-state index is 13.7. The van der Waals surface area contributed by atoms with Gasteiger partial charge in [0.2, 0.25) is 0 Å². The number of benzene rings is 6. The van der Waals surface area contributed by atoms with Crippen LogP contribution < -0.4 is 0 Å². The normalized spacial score (nSPS) is 13.5. The zero-order valence-electron chi connectivity index (χ0n) is 62.7. The highest BCUT2D eigenvalue weighted by Crippen LogP contribution is 2.27. The highest BCUT2D eigenvalue weighted by atomic mass is 19.2. The van der Waals surface area contributed by atoms with Crippen LogP contribution in [0.1, 0.15) is 58.2 Å². The van der Waals surface area contributed by atoms with Crippen molar-refractivity contribution < 1.29 is 30.7 Å². The van der Waals surface area contributed by atoms with Gasteiger partial charge in [0.25, 0.3) is 0 Å². The minimum atomic E-state index is -0.796. The maximum absolute atomic E-state index is 13.7. The first kappa shape index (κ1) is 79.2. The lowest BCUT2D eigenvalue weighted by Crippen LogP contribution is -2.29. The summed E-state index contributed by atoms with van der Waals surface area (Å²) in [7, 11) is 24.6. The van der Waals surface area contributed by atoms with Gasteiger partial charge in [-0.15, -0.1) is 0 Å². The molecule has 0 bridgehead atoms. The molecule has 0 N–H and O–H groups in total. The van der Waals surface area contributed by atoms with E-state index >= 15 is 0 Å². The van der Waals surface area contributed by atoms with Gasteiger partial charge >= 0.3 is 0 Å². The fraction of sp³-hybridized carbons (Fsp3) is 0.407. The van der Waals surface area contributed by atoms with Gasteiger partial charge in [0.1, 0.15) is 17.5 Å².